The molecule has 1 aromatic rings. The topological polar surface area (TPSA) is 0 Å². The second-order valence-corrected chi connectivity index (χ2v) is 5.47. The monoisotopic (exact) mass is 248 g/mol. The van der Waals surface area contributed by atoms with Crippen LogP contribution in [0, 0.1) is 5.41 Å². The summed E-state index contributed by atoms with van der Waals surface area (Å²) in [6.45, 7) is 15.2. The molecule has 0 heterocycles. The van der Waals surface area contributed by atoms with Crippen LogP contribution in [0.2, 0.25) is 0 Å². The van der Waals surface area contributed by atoms with Crippen molar-refractivity contribution in [3.8, 4) is 0 Å². The fourth-order valence-electron chi connectivity index (χ4n) is 2.76. The van der Waals surface area contributed by atoms with Gasteiger partial charge in [-0.15, -0.1) is 0 Å². The van der Waals surface area contributed by atoms with Gasteiger partial charge in [0.25, 0.3) is 0 Å². The Bertz CT molecular complexity index is 323. The lowest BCUT2D eigenvalue weighted by atomic mass is 9.81. The van der Waals surface area contributed by atoms with Crippen molar-refractivity contribution in [1.82, 2.24) is 0 Å². The van der Waals surface area contributed by atoms with Crippen LogP contribution in [0.4, 0.5) is 0 Å². The maximum absolute atomic E-state index is 2.40. The van der Waals surface area contributed by atoms with Gasteiger partial charge in [-0.1, -0.05) is 72.7 Å². The fourth-order valence-corrected chi connectivity index (χ4v) is 2.76. The van der Waals surface area contributed by atoms with Gasteiger partial charge in [-0.05, 0) is 41.7 Å². The molecule has 0 heteroatoms. The molecule has 0 bridgehead atoms. The van der Waals surface area contributed by atoms with E-state index in [4.69, 9.17) is 0 Å². The minimum atomic E-state index is 0.512. The van der Waals surface area contributed by atoms with Gasteiger partial charge < -0.3 is 0 Å². The third kappa shape index (κ3) is 4.84. The second kappa shape index (κ2) is 8.34. The van der Waals surface area contributed by atoms with Gasteiger partial charge in [-0.2, -0.15) is 0 Å². The van der Waals surface area contributed by atoms with E-state index in [0.29, 0.717) is 5.41 Å². The summed E-state index contributed by atoms with van der Waals surface area (Å²) in [5, 5.41) is 0. The molecular weight excluding hydrogens is 216 g/mol. The molecule has 1 aromatic carbocycles. The van der Waals surface area contributed by atoms with Crippen LogP contribution in [0.15, 0.2) is 24.3 Å². The summed E-state index contributed by atoms with van der Waals surface area (Å²) >= 11 is 0. The molecule has 0 aromatic heterocycles. The first-order chi connectivity index (χ1) is 8.58. The summed E-state index contributed by atoms with van der Waals surface area (Å²) in [5.74, 6) is 0.726. The number of fused-ring (bicyclic) bond motifs is 1. The lowest BCUT2D eigenvalue weighted by Crippen LogP contribution is -2.12. The van der Waals surface area contributed by atoms with E-state index in [-0.39, 0.29) is 0 Å². The van der Waals surface area contributed by atoms with Gasteiger partial charge in [0, 0.05) is 0 Å². The number of hydrogen-bond acceptors (Lipinski definition) is 0. The maximum atomic E-state index is 2.40. The van der Waals surface area contributed by atoms with Crippen molar-refractivity contribution in [2.45, 2.75) is 73.6 Å². The van der Waals surface area contributed by atoms with Gasteiger partial charge in [0.05, 0.1) is 0 Å². The molecule has 0 spiro atoms. The van der Waals surface area contributed by atoms with Gasteiger partial charge in [0.2, 0.25) is 0 Å². The third-order valence-corrected chi connectivity index (χ3v) is 3.52. The Balaban J connectivity index is 0.000000659. The van der Waals surface area contributed by atoms with Gasteiger partial charge >= 0.3 is 0 Å². The lowest BCUT2D eigenvalue weighted by molar-refractivity contribution is 0.298. The minimum absolute atomic E-state index is 0.512. The molecule has 0 aliphatic heterocycles. The summed E-state index contributed by atoms with van der Waals surface area (Å²) in [5.41, 5.74) is 3.67. The van der Waals surface area contributed by atoms with Gasteiger partial charge in [-0.3, -0.25) is 0 Å². The van der Waals surface area contributed by atoms with Gasteiger partial charge in [-0.25, -0.2) is 0 Å². The van der Waals surface area contributed by atoms with Crippen molar-refractivity contribution in [2.24, 2.45) is 5.41 Å². The Kier molecular flexibility index (Phi) is 7.98. The number of benzene rings is 1. The van der Waals surface area contributed by atoms with E-state index >= 15 is 0 Å². The highest BCUT2D eigenvalue weighted by atomic mass is 14.3. The first kappa shape index (κ1) is 17.2. The first-order valence-electron chi connectivity index (χ1n) is 7.66. The normalized spacial score (nSPS) is 20.3. The summed E-state index contributed by atoms with van der Waals surface area (Å²) in [6, 6.07) is 8.95. The Hall–Kier alpha value is -0.780. The van der Waals surface area contributed by atoms with Crippen LogP contribution in [0.3, 0.4) is 0 Å². The highest BCUT2D eigenvalue weighted by Gasteiger charge is 2.26. The van der Waals surface area contributed by atoms with E-state index < -0.39 is 0 Å². The van der Waals surface area contributed by atoms with Crippen molar-refractivity contribution in [1.29, 1.82) is 0 Å². The second-order valence-electron chi connectivity index (χ2n) is 5.47. The molecule has 2 rings (SSSR count). The summed E-state index contributed by atoms with van der Waals surface area (Å²) < 4.78 is 0. The van der Waals surface area contributed by atoms with E-state index in [9.17, 15) is 0 Å². The SMILES string of the molecule is CC.CC.CC1CC(C)(C)CCc2ccccc21. The predicted octanol–water partition coefficient (Wildman–Crippen LogP) is 6.21. The fraction of sp³-hybridized carbons (Fsp3) is 0.667. The van der Waals surface area contributed by atoms with Crippen molar-refractivity contribution < 1.29 is 0 Å². The molecule has 1 aliphatic rings. The molecule has 1 atom stereocenters. The number of rotatable bonds is 0. The Morgan fingerprint density at radius 2 is 1.56 bits per heavy atom. The van der Waals surface area contributed by atoms with Gasteiger partial charge in [0.15, 0.2) is 0 Å². The summed E-state index contributed by atoms with van der Waals surface area (Å²) in [4.78, 5) is 0. The average Bonchev–Trinajstić information content (AvgIpc) is 2.52. The van der Waals surface area contributed by atoms with E-state index in [1.807, 2.05) is 27.7 Å². The lowest BCUT2D eigenvalue weighted by Gasteiger charge is -2.24. The zero-order valence-electron chi connectivity index (χ0n) is 13.5. The van der Waals surface area contributed by atoms with Crippen molar-refractivity contribution in [3.05, 3.63) is 35.4 Å². The molecule has 18 heavy (non-hydrogen) atoms. The van der Waals surface area contributed by atoms with E-state index in [0.717, 1.165) is 5.92 Å². The predicted molar refractivity (Wildman–Crippen MR) is 84.3 cm³/mol. The van der Waals surface area contributed by atoms with Gasteiger partial charge in [0.1, 0.15) is 0 Å². The first-order valence-corrected chi connectivity index (χ1v) is 7.66. The highest BCUT2D eigenvalue weighted by molar-refractivity contribution is 5.31. The quantitative estimate of drug-likeness (QED) is 0.479. The molecule has 0 N–H and O–H groups in total. The standard InChI is InChI=1S/C14H20.2C2H6/c1-11-10-14(2,3)9-8-12-6-4-5-7-13(11)12;2*1-2/h4-7,11H,8-10H2,1-3H3;2*1-2H3. The Morgan fingerprint density at radius 1 is 1.00 bits per heavy atom. The van der Waals surface area contributed by atoms with E-state index in [1.54, 1.807) is 11.1 Å². The van der Waals surface area contributed by atoms with Crippen LogP contribution in [0.1, 0.15) is 78.4 Å². The number of hydrogen-bond donors (Lipinski definition) is 0. The van der Waals surface area contributed by atoms with Crippen LogP contribution >= 0.6 is 0 Å². The largest absolute Gasteiger partial charge is 0.0683 e. The molecule has 0 fully saturated rings. The summed E-state index contributed by atoms with van der Waals surface area (Å²) in [6.07, 6.45) is 3.91. The molecule has 0 saturated carbocycles. The Morgan fingerprint density at radius 3 is 2.17 bits per heavy atom. The third-order valence-electron chi connectivity index (χ3n) is 3.52. The highest BCUT2D eigenvalue weighted by Crippen LogP contribution is 2.39. The zero-order valence-corrected chi connectivity index (χ0v) is 13.5. The Labute approximate surface area is 115 Å². The molecule has 0 nitrogen and oxygen atoms in total. The molecule has 1 unspecified atom stereocenters. The van der Waals surface area contributed by atoms with Crippen molar-refractivity contribution >= 4 is 0 Å². The maximum Gasteiger partial charge on any atom is -0.0183 e. The molecule has 104 valence electrons. The molecule has 0 amide bonds. The molecule has 0 saturated heterocycles. The zero-order chi connectivity index (χ0) is 14.2. The summed E-state index contributed by atoms with van der Waals surface area (Å²) in [7, 11) is 0. The smallest absolute Gasteiger partial charge is 0.0183 e. The van der Waals surface area contributed by atoms with Crippen LogP contribution in [0.5, 0.6) is 0 Å². The minimum Gasteiger partial charge on any atom is -0.0683 e. The molecule has 0 radical (unpaired) electrons. The number of aryl methyl sites for hydroxylation is 1. The van der Waals surface area contributed by atoms with Crippen molar-refractivity contribution in [3.63, 3.8) is 0 Å². The van der Waals surface area contributed by atoms with Crippen molar-refractivity contribution in [2.75, 3.05) is 0 Å². The van der Waals surface area contributed by atoms with E-state index in [1.165, 1.54) is 19.3 Å². The molecule has 1 aliphatic carbocycles. The van der Waals surface area contributed by atoms with Crippen LogP contribution < -0.4 is 0 Å². The van der Waals surface area contributed by atoms with Crippen LogP contribution in [-0.2, 0) is 6.42 Å². The van der Waals surface area contributed by atoms with Crippen LogP contribution in [0.25, 0.3) is 0 Å². The average molecular weight is 248 g/mol. The van der Waals surface area contributed by atoms with Crippen LogP contribution in [-0.4, -0.2) is 0 Å². The van der Waals surface area contributed by atoms with E-state index in [2.05, 4.69) is 45.0 Å². The molecular formula is C18H32.